The number of carbonyl (C=O) groups is 2. The van der Waals surface area contributed by atoms with Crippen LogP contribution in [0.2, 0.25) is 0 Å². The topological polar surface area (TPSA) is 65.8 Å². The molecule has 0 aliphatic carbocycles. The van der Waals surface area contributed by atoms with Crippen LogP contribution in [-0.4, -0.2) is 47.9 Å². The monoisotopic (exact) mass is 497 g/mol. The number of piperazine rings is 1. The maximum Gasteiger partial charge on any atom is 0.322 e. The second-order valence-corrected chi connectivity index (χ2v) is 8.41. The second kappa shape index (κ2) is 8.48. The van der Waals surface area contributed by atoms with Crippen LogP contribution in [0.15, 0.2) is 43.9 Å². The molecule has 3 amide bonds. The van der Waals surface area contributed by atoms with Gasteiger partial charge in [0.2, 0.25) is 0 Å². The van der Waals surface area contributed by atoms with E-state index in [9.17, 15) is 9.59 Å². The van der Waals surface area contributed by atoms with Crippen LogP contribution in [0.4, 0.5) is 10.5 Å². The number of amides is 3. The third-order valence-electron chi connectivity index (χ3n) is 4.55. The van der Waals surface area contributed by atoms with Gasteiger partial charge in [0, 0.05) is 35.1 Å². The van der Waals surface area contributed by atoms with Crippen molar-refractivity contribution in [2.75, 3.05) is 31.5 Å². The molecule has 1 aliphatic rings. The standard InChI is InChI=1S/C19H21Br2N3O3/c1-12(2)13-10-14(20)17(15(21)11-13)22-19(26)24-7-5-23(6-8-24)18(25)16-4-3-9-27-16/h3-4,9-12H,5-8H2,1-2H3,(H,22,26). The van der Waals surface area contributed by atoms with Gasteiger partial charge in [-0.2, -0.15) is 0 Å². The Hall–Kier alpha value is -1.80. The fourth-order valence-corrected chi connectivity index (χ4v) is 4.32. The lowest BCUT2D eigenvalue weighted by atomic mass is 10.0. The van der Waals surface area contributed by atoms with E-state index >= 15 is 0 Å². The predicted molar refractivity (Wildman–Crippen MR) is 111 cm³/mol. The molecule has 0 radical (unpaired) electrons. The molecule has 0 saturated carbocycles. The normalized spacial score (nSPS) is 14.6. The van der Waals surface area contributed by atoms with Crippen LogP contribution in [0, 0.1) is 0 Å². The highest BCUT2D eigenvalue weighted by Gasteiger charge is 2.26. The van der Waals surface area contributed by atoms with Gasteiger partial charge in [-0.15, -0.1) is 0 Å². The number of benzene rings is 1. The number of nitrogens with one attached hydrogen (secondary N) is 1. The lowest BCUT2D eigenvalue weighted by molar-refractivity contribution is 0.0640. The molecule has 0 spiro atoms. The van der Waals surface area contributed by atoms with Crippen LogP contribution >= 0.6 is 31.9 Å². The molecular weight excluding hydrogens is 478 g/mol. The summed E-state index contributed by atoms with van der Waals surface area (Å²) in [6, 6.07) is 7.20. The minimum atomic E-state index is -0.182. The summed E-state index contributed by atoms with van der Waals surface area (Å²) < 4.78 is 6.83. The zero-order valence-electron chi connectivity index (χ0n) is 15.2. The number of anilines is 1. The molecule has 2 aromatic rings. The molecule has 1 fully saturated rings. The van der Waals surface area contributed by atoms with Crippen molar-refractivity contribution in [1.82, 2.24) is 9.80 Å². The van der Waals surface area contributed by atoms with Crippen LogP contribution in [-0.2, 0) is 0 Å². The molecular formula is C19H21Br2N3O3. The fourth-order valence-electron chi connectivity index (χ4n) is 2.90. The lowest BCUT2D eigenvalue weighted by Crippen LogP contribution is -2.51. The Labute approximate surface area is 175 Å². The molecule has 2 heterocycles. The first kappa shape index (κ1) is 19.9. The summed E-state index contributed by atoms with van der Waals surface area (Å²) in [5, 5.41) is 2.96. The van der Waals surface area contributed by atoms with Crippen molar-refractivity contribution in [2.24, 2.45) is 0 Å². The van der Waals surface area contributed by atoms with Crippen molar-refractivity contribution in [2.45, 2.75) is 19.8 Å². The summed E-state index contributed by atoms with van der Waals surface area (Å²) >= 11 is 7.09. The Morgan fingerprint density at radius 1 is 1.07 bits per heavy atom. The van der Waals surface area contributed by atoms with Gasteiger partial charge >= 0.3 is 6.03 Å². The van der Waals surface area contributed by atoms with Gasteiger partial charge in [-0.3, -0.25) is 4.79 Å². The summed E-state index contributed by atoms with van der Waals surface area (Å²) in [6.07, 6.45) is 1.48. The van der Waals surface area contributed by atoms with Crippen molar-refractivity contribution in [1.29, 1.82) is 0 Å². The Morgan fingerprint density at radius 3 is 2.19 bits per heavy atom. The van der Waals surface area contributed by atoms with Crippen LogP contribution in [0.1, 0.15) is 35.9 Å². The largest absolute Gasteiger partial charge is 0.459 e. The minimum absolute atomic E-state index is 0.144. The number of rotatable bonds is 3. The molecule has 3 rings (SSSR count). The van der Waals surface area contributed by atoms with Gasteiger partial charge in [0.05, 0.1) is 12.0 Å². The summed E-state index contributed by atoms with van der Waals surface area (Å²) in [7, 11) is 0. The molecule has 1 aromatic carbocycles. The van der Waals surface area contributed by atoms with Crippen LogP contribution in [0.3, 0.4) is 0 Å². The summed E-state index contributed by atoms with van der Waals surface area (Å²) in [4.78, 5) is 28.4. The maximum atomic E-state index is 12.6. The Kier molecular flexibility index (Phi) is 6.26. The van der Waals surface area contributed by atoms with Gasteiger partial charge in [-0.05, 0) is 67.6 Å². The number of carbonyl (C=O) groups excluding carboxylic acids is 2. The van der Waals surface area contributed by atoms with Gasteiger partial charge in [-0.1, -0.05) is 13.8 Å². The van der Waals surface area contributed by atoms with E-state index in [2.05, 4.69) is 51.0 Å². The van der Waals surface area contributed by atoms with Gasteiger partial charge in [-0.25, -0.2) is 4.79 Å². The molecule has 0 bridgehead atoms. The van der Waals surface area contributed by atoms with E-state index in [1.807, 2.05) is 12.1 Å². The molecule has 1 N–H and O–H groups in total. The van der Waals surface area contributed by atoms with Gasteiger partial charge < -0.3 is 19.5 Å². The number of furan rings is 1. The highest BCUT2D eigenvalue weighted by atomic mass is 79.9. The molecule has 8 heteroatoms. The van der Waals surface area contributed by atoms with E-state index in [-0.39, 0.29) is 11.9 Å². The van der Waals surface area contributed by atoms with Gasteiger partial charge in [0.15, 0.2) is 5.76 Å². The molecule has 27 heavy (non-hydrogen) atoms. The van der Waals surface area contributed by atoms with Crippen molar-refractivity contribution in [3.63, 3.8) is 0 Å². The highest BCUT2D eigenvalue weighted by molar-refractivity contribution is 9.11. The van der Waals surface area contributed by atoms with Crippen LogP contribution in [0.5, 0.6) is 0 Å². The molecule has 1 saturated heterocycles. The summed E-state index contributed by atoms with van der Waals surface area (Å²) in [5.41, 5.74) is 1.88. The first-order valence-electron chi connectivity index (χ1n) is 8.74. The fraction of sp³-hybridized carbons (Fsp3) is 0.368. The number of halogens is 2. The SMILES string of the molecule is CC(C)c1cc(Br)c(NC(=O)N2CCN(C(=O)c3ccco3)CC2)c(Br)c1. The average molecular weight is 499 g/mol. The molecule has 0 unspecified atom stereocenters. The number of hydrogen-bond acceptors (Lipinski definition) is 3. The zero-order valence-corrected chi connectivity index (χ0v) is 18.3. The third kappa shape index (κ3) is 4.55. The zero-order chi connectivity index (χ0) is 19.6. The van der Waals surface area contributed by atoms with E-state index in [1.54, 1.807) is 21.9 Å². The molecule has 0 atom stereocenters. The van der Waals surface area contributed by atoms with Crippen LogP contribution in [0.25, 0.3) is 0 Å². The van der Waals surface area contributed by atoms with Gasteiger partial charge in [0.25, 0.3) is 5.91 Å². The first-order valence-corrected chi connectivity index (χ1v) is 10.3. The molecule has 144 valence electrons. The third-order valence-corrected chi connectivity index (χ3v) is 5.80. The van der Waals surface area contributed by atoms with E-state index in [0.717, 1.165) is 8.95 Å². The summed E-state index contributed by atoms with van der Waals surface area (Å²) in [5.74, 6) is 0.572. The van der Waals surface area contributed by atoms with E-state index in [4.69, 9.17) is 4.42 Å². The Bertz CT molecular complexity index is 806. The van der Waals surface area contributed by atoms with Crippen LogP contribution < -0.4 is 5.32 Å². The lowest BCUT2D eigenvalue weighted by Gasteiger charge is -2.34. The van der Waals surface area contributed by atoms with Crippen molar-refractivity contribution in [3.8, 4) is 0 Å². The van der Waals surface area contributed by atoms with E-state index in [1.165, 1.54) is 11.8 Å². The second-order valence-electron chi connectivity index (χ2n) is 6.70. The minimum Gasteiger partial charge on any atom is -0.459 e. The summed E-state index contributed by atoms with van der Waals surface area (Å²) in [6.45, 7) is 6.13. The van der Waals surface area contributed by atoms with E-state index < -0.39 is 0 Å². The molecule has 1 aliphatic heterocycles. The van der Waals surface area contributed by atoms with Crippen molar-refractivity contribution in [3.05, 3.63) is 50.8 Å². The van der Waals surface area contributed by atoms with Gasteiger partial charge in [0.1, 0.15) is 0 Å². The predicted octanol–water partition coefficient (Wildman–Crippen LogP) is 4.92. The number of hydrogen-bond donors (Lipinski definition) is 1. The first-order chi connectivity index (χ1) is 12.9. The molecule has 6 nitrogen and oxygen atoms in total. The average Bonchev–Trinajstić information content (AvgIpc) is 3.18. The maximum absolute atomic E-state index is 12.6. The van der Waals surface area contributed by atoms with Crippen molar-refractivity contribution < 1.29 is 14.0 Å². The Morgan fingerprint density at radius 2 is 1.67 bits per heavy atom. The highest BCUT2D eigenvalue weighted by Crippen LogP contribution is 2.35. The number of urea groups is 1. The van der Waals surface area contributed by atoms with E-state index in [0.29, 0.717) is 43.5 Å². The quantitative estimate of drug-likeness (QED) is 0.653. The smallest absolute Gasteiger partial charge is 0.322 e. The number of nitrogens with zero attached hydrogens (tertiary/aromatic N) is 2. The Balaban J connectivity index is 1.61. The van der Waals surface area contributed by atoms with Crippen molar-refractivity contribution >= 4 is 49.5 Å². The molecule has 1 aromatic heterocycles.